The average molecular weight is 787 g/mol. The first-order valence-electron chi connectivity index (χ1n) is 16.5. The molecule has 18 nitrogen and oxygen atoms in total. The minimum absolute atomic E-state index is 0.0612. The lowest BCUT2D eigenvalue weighted by Gasteiger charge is -2.47. The molecule has 298 valence electrons. The first-order chi connectivity index (χ1) is 24.8. The molecular weight excluding hydrogens is 736 g/mol. The van der Waals surface area contributed by atoms with Crippen molar-refractivity contribution in [3.63, 3.8) is 0 Å². The van der Waals surface area contributed by atoms with E-state index in [0.29, 0.717) is 25.7 Å². The molecule has 0 aromatic heterocycles. The quantitative estimate of drug-likeness (QED) is 0.0171. The van der Waals surface area contributed by atoms with E-state index in [9.17, 15) is 44.7 Å². The third-order valence-electron chi connectivity index (χ3n) is 7.91. The van der Waals surface area contributed by atoms with Crippen molar-refractivity contribution in [2.24, 2.45) is 0 Å². The Balaban J connectivity index is 2.10. The van der Waals surface area contributed by atoms with Gasteiger partial charge in [0.15, 0.2) is 12.6 Å². The molecule has 12 atom stereocenters. The summed E-state index contributed by atoms with van der Waals surface area (Å²) >= 11 is 8.52. The van der Waals surface area contributed by atoms with Gasteiger partial charge < -0.3 is 68.2 Å². The van der Waals surface area contributed by atoms with Crippen LogP contribution in [0.5, 0.6) is 0 Å². The molecule has 2 rings (SSSR count). The third-order valence-corrected chi connectivity index (χ3v) is 9.06. The van der Waals surface area contributed by atoms with Crippen LogP contribution in [0.1, 0.15) is 51.4 Å². The molecule has 2 heterocycles. The van der Waals surface area contributed by atoms with Gasteiger partial charge in [-0.15, -0.1) is 12.6 Å². The number of hydrogen-bond donors (Lipinski definition) is 7. The number of aliphatic hydroxyl groups excluding tert-OH is 5. The average Bonchev–Trinajstić information content (AvgIpc) is 3.11. The molecule has 0 radical (unpaired) electrons. The number of unbranched alkanes of at least 4 members (excludes halogenated alkanes) is 2. The van der Waals surface area contributed by atoms with Crippen LogP contribution in [0.15, 0.2) is 25.7 Å². The summed E-state index contributed by atoms with van der Waals surface area (Å²) in [6, 6.07) is 0. The SMILES string of the molecule is C=COC(=O)CCCCC(=O)OC[C@H]1O[C@H](O[C@H]2O[C@H](COC(=O)CCCCC(=O)OC=C)[C@@H](OC(S)C(S)CO)[C@H](OC)[C@H]2O)[C@H](O)[C@@H](O)[C@@H]1O. The molecule has 2 aliphatic rings. The number of ether oxygens (including phenoxy) is 9. The fourth-order valence-electron chi connectivity index (χ4n) is 5.09. The van der Waals surface area contributed by atoms with E-state index in [0.717, 1.165) is 12.5 Å². The zero-order valence-corrected chi connectivity index (χ0v) is 30.5. The van der Waals surface area contributed by atoms with E-state index in [4.69, 9.17) is 33.2 Å². The molecule has 0 spiro atoms. The first kappa shape index (κ1) is 45.8. The van der Waals surface area contributed by atoms with Gasteiger partial charge in [0.05, 0.1) is 24.4 Å². The first-order valence-corrected chi connectivity index (χ1v) is 17.6. The number of aliphatic hydroxyl groups is 5. The van der Waals surface area contributed by atoms with Crippen LogP contribution in [-0.4, -0.2) is 148 Å². The Morgan fingerprint density at radius 3 is 1.63 bits per heavy atom. The lowest BCUT2D eigenvalue weighted by atomic mass is 9.97. The summed E-state index contributed by atoms with van der Waals surface area (Å²) in [5.41, 5.74) is -1.02. The van der Waals surface area contributed by atoms with Gasteiger partial charge in [-0.05, 0) is 25.7 Å². The van der Waals surface area contributed by atoms with Crippen molar-refractivity contribution < 1.29 is 87.3 Å². The zero-order valence-electron chi connectivity index (χ0n) is 28.7. The van der Waals surface area contributed by atoms with Crippen molar-refractivity contribution in [3.05, 3.63) is 25.7 Å². The molecule has 20 heteroatoms. The molecule has 0 aromatic carbocycles. The molecule has 0 aliphatic carbocycles. The maximum absolute atomic E-state index is 12.5. The van der Waals surface area contributed by atoms with Gasteiger partial charge in [-0.3, -0.25) is 19.2 Å². The summed E-state index contributed by atoms with van der Waals surface area (Å²) in [7, 11) is 1.24. The maximum Gasteiger partial charge on any atom is 0.310 e. The minimum atomic E-state index is -1.88. The van der Waals surface area contributed by atoms with Gasteiger partial charge >= 0.3 is 23.9 Å². The van der Waals surface area contributed by atoms with Crippen LogP contribution >= 0.6 is 25.3 Å². The fraction of sp³-hybridized carbons (Fsp3) is 0.750. The van der Waals surface area contributed by atoms with Crippen molar-refractivity contribution >= 4 is 49.1 Å². The largest absolute Gasteiger partial charge is 0.463 e. The summed E-state index contributed by atoms with van der Waals surface area (Å²) in [6.07, 6.45) is -12.3. The van der Waals surface area contributed by atoms with E-state index in [1.54, 1.807) is 0 Å². The van der Waals surface area contributed by atoms with Crippen LogP contribution in [0.4, 0.5) is 0 Å². The number of methoxy groups -OCH3 is 1. The maximum atomic E-state index is 12.5. The number of thiol groups is 2. The van der Waals surface area contributed by atoms with E-state index in [1.165, 1.54) is 7.11 Å². The Labute approximate surface area is 312 Å². The fourth-order valence-corrected chi connectivity index (χ4v) is 5.40. The Bertz CT molecular complexity index is 1140. The van der Waals surface area contributed by atoms with Crippen molar-refractivity contribution in [2.75, 3.05) is 26.9 Å². The van der Waals surface area contributed by atoms with Crippen LogP contribution in [0.3, 0.4) is 0 Å². The smallest absolute Gasteiger partial charge is 0.310 e. The lowest BCUT2D eigenvalue weighted by molar-refractivity contribution is -0.380. The Kier molecular flexibility index (Phi) is 21.3. The van der Waals surface area contributed by atoms with Crippen molar-refractivity contribution in [1.82, 2.24) is 0 Å². The van der Waals surface area contributed by atoms with Crippen LogP contribution in [0, 0.1) is 0 Å². The molecule has 2 aliphatic heterocycles. The highest BCUT2D eigenvalue weighted by Gasteiger charge is 2.52. The van der Waals surface area contributed by atoms with E-state index in [-0.39, 0.29) is 25.7 Å². The standard InChI is InChI=1S/C32H50O18S2/c1-4-43-20(34)10-6-8-12-22(36)45-15-17-24(38)25(39)26(40)30(47-17)50-31-27(41)29(42-3)28(49-32(52)19(51)14-33)18(48-31)16-46-23(37)13-9-7-11-21(35)44-5-2/h4-5,17-19,24-33,38-41,51-52H,1-2,6-16H2,3H3/t17-,18-,19?,24-,25+,26-,27-,28-,29-,30-,31-,32?/m1/s1. The summed E-state index contributed by atoms with van der Waals surface area (Å²) < 4.78 is 48.5. The van der Waals surface area contributed by atoms with Gasteiger partial charge in [-0.2, -0.15) is 12.6 Å². The second-order valence-electron chi connectivity index (χ2n) is 11.7. The lowest BCUT2D eigenvalue weighted by Crippen LogP contribution is -2.65. The number of rotatable bonds is 23. The molecule has 52 heavy (non-hydrogen) atoms. The molecule has 2 fully saturated rings. The van der Waals surface area contributed by atoms with Crippen LogP contribution in [-0.2, 0) is 61.8 Å². The van der Waals surface area contributed by atoms with Gasteiger partial charge in [0.1, 0.15) is 67.5 Å². The Hall–Kier alpha value is -2.34. The highest BCUT2D eigenvalue weighted by Crippen LogP contribution is 2.32. The predicted octanol–water partition coefficient (Wildman–Crippen LogP) is -0.576. The molecule has 0 bridgehead atoms. The van der Waals surface area contributed by atoms with Gasteiger partial charge in [0.2, 0.25) is 0 Å². The Morgan fingerprint density at radius 1 is 0.692 bits per heavy atom. The molecular formula is C32H50O18S2. The van der Waals surface area contributed by atoms with E-state index < -0.39 is 116 Å². The minimum Gasteiger partial charge on any atom is -0.463 e. The molecule has 2 saturated heterocycles. The molecule has 0 saturated carbocycles. The summed E-state index contributed by atoms with van der Waals surface area (Å²) in [5.74, 6) is -2.35. The Morgan fingerprint density at radius 2 is 1.15 bits per heavy atom. The summed E-state index contributed by atoms with van der Waals surface area (Å²) in [5, 5.41) is 51.7. The topological polar surface area (TPSA) is 252 Å². The van der Waals surface area contributed by atoms with Crippen LogP contribution < -0.4 is 0 Å². The number of carbonyl (C=O) groups is 4. The van der Waals surface area contributed by atoms with E-state index >= 15 is 0 Å². The van der Waals surface area contributed by atoms with Gasteiger partial charge in [-0.1, -0.05) is 13.2 Å². The number of hydrogen-bond acceptors (Lipinski definition) is 20. The van der Waals surface area contributed by atoms with Gasteiger partial charge in [0, 0.05) is 32.8 Å². The van der Waals surface area contributed by atoms with Crippen molar-refractivity contribution in [3.8, 4) is 0 Å². The molecule has 0 amide bonds. The number of carbonyl (C=O) groups excluding carboxylic acids is 4. The highest BCUT2D eigenvalue weighted by atomic mass is 32.1. The summed E-state index contributed by atoms with van der Waals surface area (Å²) in [6.45, 7) is 5.14. The predicted molar refractivity (Wildman–Crippen MR) is 182 cm³/mol. The second kappa shape index (κ2) is 24.1. The van der Waals surface area contributed by atoms with Crippen LogP contribution in [0.2, 0.25) is 0 Å². The molecule has 2 unspecified atom stereocenters. The summed E-state index contributed by atoms with van der Waals surface area (Å²) in [4.78, 5) is 47.7. The van der Waals surface area contributed by atoms with Gasteiger partial charge in [0.25, 0.3) is 0 Å². The second-order valence-corrected chi connectivity index (χ2v) is 12.9. The highest BCUT2D eigenvalue weighted by molar-refractivity contribution is 7.85. The van der Waals surface area contributed by atoms with Crippen molar-refractivity contribution in [2.45, 2.75) is 123 Å². The number of esters is 4. The molecule has 0 aromatic rings. The normalized spacial score (nSPS) is 30.0. The third kappa shape index (κ3) is 14.8. The zero-order chi connectivity index (χ0) is 38.8. The molecule has 5 N–H and O–H groups in total. The van der Waals surface area contributed by atoms with Gasteiger partial charge in [-0.25, -0.2) is 0 Å². The van der Waals surface area contributed by atoms with Crippen molar-refractivity contribution in [1.29, 1.82) is 0 Å². The van der Waals surface area contributed by atoms with Crippen LogP contribution in [0.25, 0.3) is 0 Å². The van der Waals surface area contributed by atoms with E-state index in [2.05, 4.69) is 47.9 Å². The monoisotopic (exact) mass is 786 g/mol. The van der Waals surface area contributed by atoms with E-state index in [1.807, 2.05) is 0 Å².